The Kier molecular flexibility index (Phi) is 6.04. The number of ether oxygens (including phenoxy) is 1. The molecule has 3 heterocycles. The van der Waals surface area contributed by atoms with Crippen LogP contribution in [0.15, 0.2) is 12.3 Å². The van der Waals surface area contributed by atoms with Crippen LogP contribution in [0.5, 0.6) is 0 Å². The van der Waals surface area contributed by atoms with Crippen LogP contribution in [0.1, 0.15) is 12.1 Å². The third kappa shape index (κ3) is 4.58. The van der Waals surface area contributed by atoms with Gasteiger partial charge in [-0.3, -0.25) is 14.3 Å². The molecule has 25 heavy (non-hydrogen) atoms. The highest BCUT2D eigenvalue weighted by Crippen LogP contribution is 2.19. The summed E-state index contributed by atoms with van der Waals surface area (Å²) in [5.74, 6) is -0.118. The minimum Gasteiger partial charge on any atom is -0.378 e. The predicted octanol–water partition coefficient (Wildman–Crippen LogP) is -0.837. The molecule has 138 valence electrons. The fourth-order valence-corrected chi connectivity index (χ4v) is 3.48. The fraction of sp³-hybridized carbons (Fsp3) is 0.706. The van der Waals surface area contributed by atoms with Crippen LogP contribution in [0.25, 0.3) is 0 Å². The van der Waals surface area contributed by atoms with E-state index in [1.54, 1.807) is 6.20 Å². The molecule has 2 amide bonds. The van der Waals surface area contributed by atoms with Crippen molar-refractivity contribution in [3.8, 4) is 0 Å². The van der Waals surface area contributed by atoms with Gasteiger partial charge in [-0.05, 0) is 12.5 Å². The molecular formula is C17H27N5O3. The number of rotatable bonds is 5. The second-order valence-corrected chi connectivity index (χ2v) is 6.71. The molecule has 0 spiro atoms. The second-order valence-electron chi connectivity index (χ2n) is 6.71. The number of piperidine rings is 1. The van der Waals surface area contributed by atoms with Crippen molar-refractivity contribution in [1.29, 1.82) is 0 Å². The summed E-state index contributed by atoms with van der Waals surface area (Å²) in [5, 5.41) is 10.4. The topological polar surface area (TPSA) is 88.5 Å². The van der Waals surface area contributed by atoms with E-state index in [2.05, 4.69) is 15.7 Å². The minimum absolute atomic E-state index is 0.0224. The molecule has 8 nitrogen and oxygen atoms in total. The van der Waals surface area contributed by atoms with Crippen molar-refractivity contribution in [3.63, 3.8) is 0 Å². The van der Waals surface area contributed by atoms with Gasteiger partial charge in [-0.15, -0.1) is 0 Å². The number of carbonyl (C=O) groups excluding carboxylic acids is 2. The van der Waals surface area contributed by atoms with E-state index in [4.69, 9.17) is 4.74 Å². The van der Waals surface area contributed by atoms with E-state index >= 15 is 0 Å². The number of nitrogens with zero attached hydrogens (tertiary/aromatic N) is 3. The number of hydrogen-bond acceptors (Lipinski definition) is 5. The average molecular weight is 349 g/mol. The Morgan fingerprint density at radius 2 is 2.08 bits per heavy atom. The van der Waals surface area contributed by atoms with Gasteiger partial charge in [0.2, 0.25) is 11.8 Å². The van der Waals surface area contributed by atoms with Crippen molar-refractivity contribution in [2.75, 3.05) is 45.9 Å². The van der Waals surface area contributed by atoms with Gasteiger partial charge < -0.3 is 20.3 Å². The fourth-order valence-electron chi connectivity index (χ4n) is 3.48. The lowest BCUT2D eigenvalue weighted by Gasteiger charge is -2.34. The molecular weight excluding hydrogens is 322 g/mol. The Labute approximate surface area is 147 Å². The molecule has 2 atom stereocenters. The summed E-state index contributed by atoms with van der Waals surface area (Å²) in [7, 11) is 1.89. The first-order chi connectivity index (χ1) is 12.1. The van der Waals surface area contributed by atoms with Gasteiger partial charge >= 0.3 is 0 Å². The van der Waals surface area contributed by atoms with Crippen LogP contribution in [0.4, 0.5) is 0 Å². The molecule has 0 saturated carbocycles. The van der Waals surface area contributed by atoms with Gasteiger partial charge in [0.15, 0.2) is 0 Å². The van der Waals surface area contributed by atoms with E-state index in [-0.39, 0.29) is 23.7 Å². The summed E-state index contributed by atoms with van der Waals surface area (Å²) >= 11 is 0. The highest BCUT2D eigenvalue weighted by Gasteiger charge is 2.33. The van der Waals surface area contributed by atoms with Crippen molar-refractivity contribution >= 4 is 11.8 Å². The SMILES string of the molecule is Cn1nccc1CCNC(=O)C1CNCC(C(=O)N2CCOCC2)C1. The number of aryl methyl sites for hydroxylation is 1. The molecule has 1 aromatic rings. The van der Waals surface area contributed by atoms with Crippen LogP contribution in [0.2, 0.25) is 0 Å². The monoisotopic (exact) mass is 349 g/mol. The Morgan fingerprint density at radius 3 is 2.80 bits per heavy atom. The quantitative estimate of drug-likeness (QED) is 0.724. The summed E-state index contributed by atoms with van der Waals surface area (Å²) in [6.07, 6.45) is 3.11. The summed E-state index contributed by atoms with van der Waals surface area (Å²) in [4.78, 5) is 26.9. The summed E-state index contributed by atoms with van der Waals surface area (Å²) in [6.45, 7) is 4.36. The van der Waals surface area contributed by atoms with E-state index in [1.165, 1.54) is 0 Å². The molecule has 2 N–H and O–H groups in total. The molecule has 8 heteroatoms. The first-order valence-corrected chi connectivity index (χ1v) is 8.97. The lowest BCUT2D eigenvalue weighted by Crippen LogP contribution is -2.51. The number of aromatic nitrogens is 2. The van der Waals surface area contributed by atoms with Gasteiger partial charge in [0, 0.05) is 58.1 Å². The number of amides is 2. The maximum Gasteiger partial charge on any atom is 0.227 e. The summed E-state index contributed by atoms with van der Waals surface area (Å²) in [6, 6.07) is 1.95. The van der Waals surface area contributed by atoms with Crippen molar-refractivity contribution in [3.05, 3.63) is 18.0 Å². The van der Waals surface area contributed by atoms with E-state index in [0.29, 0.717) is 52.4 Å². The van der Waals surface area contributed by atoms with E-state index < -0.39 is 0 Å². The van der Waals surface area contributed by atoms with E-state index in [9.17, 15) is 9.59 Å². The molecule has 2 aliphatic rings. The first-order valence-electron chi connectivity index (χ1n) is 8.97. The smallest absolute Gasteiger partial charge is 0.227 e. The Balaban J connectivity index is 1.46. The van der Waals surface area contributed by atoms with Crippen LogP contribution >= 0.6 is 0 Å². The lowest BCUT2D eigenvalue weighted by molar-refractivity contribution is -0.141. The van der Waals surface area contributed by atoms with Crippen molar-refractivity contribution in [2.45, 2.75) is 12.8 Å². The Hall–Kier alpha value is -1.93. The van der Waals surface area contributed by atoms with Crippen molar-refractivity contribution < 1.29 is 14.3 Å². The van der Waals surface area contributed by atoms with Gasteiger partial charge in [0.05, 0.1) is 25.0 Å². The Morgan fingerprint density at radius 1 is 1.32 bits per heavy atom. The highest BCUT2D eigenvalue weighted by molar-refractivity contribution is 5.83. The molecule has 2 fully saturated rings. The van der Waals surface area contributed by atoms with Crippen LogP contribution in [-0.2, 0) is 27.8 Å². The molecule has 2 unspecified atom stereocenters. The summed E-state index contributed by atoms with van der Waals surface area (Å²) < 4.78 is 7.11. The average Bonchev–Trinajstić information content (AvgIpc) is 3.07. The minimum atomic E-state index is -0.157. The zero-order valence-corrected chi connectivity index (χ0v) is 14.7. The molecule has 1 aromatic heterocycles. The van der Waals surface area contributed by atoms with Crippen molar-refractivity contribution in [1.82, 2.24) is 25.3 Å². The van der Waals surface area contributed by atoms with Crippen LogP contribution < -0.4 is 10.6 Å². The number of carbonyl (C=O) groups is 2. The normalized spacial score (nSPS) is 24.1. The van der Waals surface area contributed by atoms with Crippen LogP contribution in [-0.4, -0.2) is 72.4 Å². The molecule has 0 aromatic carbocycles. The zero-order valence-electron chi connectivity index (χ0n) is 14.7. The maximum absolute atomic E-state index is 12.6. The molecule has 0 radical (unpaired) electrons. The standard InChI is InChI=1S/C17H27N5O3/c1-21-15(3-5-20-21)2-4-19-16(23)13-10-14(12-18-11-13)17(24)22-6-8-25-9-7-22/h3,5,13-14,18H,2,4,6-12H2,1H3,(H,19,23). The van der Waals surface area contributed by atoms with Crippen LogP contribution in [0.3, 0.4) is 0 Å². The zero-order chi connectivity index (χ0) is 17.6. The highest BCUT2D eigenvalue weighted by atomic mass is 16.5. The van der Waals surface area contributed by atoms with Gasteiger partial charge in [0.25, 0.3) is 0 Å². The number of hydrogen-bond donors (Lipinski definition) is 2. The van der Waals surface area contributed by atoms with E-state index in [1.807, 2.05) is 22.7 Å². The first kappa shape index (κ1) is 17.9. The van der Waals surface area contributed by atoms with Crippen molar-refractivity contribution in [2.24, 2.45) is 18.9 Å². The second kappa shape index (κ2) is 8.44. The Bertz CT molecular complexity index is 597. The molecule has 0 bridgehead atoms. The third-order valence-corrected chi connectivity index (χ3v) is 5.00. The van der Waals surface area contributed by atoms with Gasteiger partial charge in [-0.1, -0.05) is 0 Å². The van der Waals surface area contributed by atoms with E-state index in [0.717, 1.165) is 12.1 Å². The largest absolute Gasteiger partial charge is 0.378 e. The third-order valence-electron chi connectivity index (χ3n) is 5.00. The van der Waals surface area contributed by atoms with Gasteiger partial charge in [0.1, 0.15) is 0 Å². The summed E-state index contributed by atoms with van der Waals surface area (Å²) in [5.41, 5.74) is 1.09. The predicted molar refractivity (Wildman–Crippen MR) is 91.8 cm³/mol. The maximum atomic E-state index is 12.6. The molecule has 3 rings (SSSR count). The molecule has 0 aliphatic carbocycles. The number of morpholine rings is 1. The van der Waals surface area contributed by atoms with Gasteiger partial charge in [-0.25, -0.2) is 0 Å². The molecule has 2 aliphatic heterocycles. The number of nitrogens with one attached hydrogen (secondary N) is 2. The molecule has 2 saturated heterocycles. The van der Waals surface area contributed by atoms with Gasteiger partial charge in [-0.2, -0.15) is 5.10 Å². The van der Waals surface area contributed by atoms with Crippen LogP contribution in [0, 0.1) is 11.8 Å². The lowest BCUT2D eigenvalue weighted by atomic mass is 9.88.